The summed E-state index contributed by atoms with van der Waals surface area (Å²) in [6.45, 7) is 0.584. The Balaban J connectivity index is 1.87. The summed E-state index contributed by atoms with van der Waals surface area (Å²) in [7, 11) is 0. The van der Waals surface area contributed by atoms with Crippen LogP contribution in [0.4, 0.5) is 5.69 Å². The van der Waals surface area contributed by atoms with Crippen molar-refractivity contribution in [1.29, 1.82) is 0 Å². The quantitative estimate of drug-likeness (QED) is 0.548. The fourth-order valence-corrected chi connectivity index (χ4v) is 2.87. The Bertz CT molecular complexity index is 511. The molecular formula is C13H15N3O2. The molecule has 0 radical (unpaired) electrons. The van der Waals surface area contributed by atoms with Crippen molar-refractivity contribution in [3.05, 3.63) is 29.3 Å². The normalized spacial score (nSPS) is 23.9. The number of rotatable bonds is 1. The number of nitrogens with two attached hydrogens (primary N) is 1. The highest BCUT2D eigenvalue weighted by Crippen LogP contribution is 2.36. The van der Waals surface area contributed by atoms with E-state index in [2.05, 4.69) is 5.32 Å². The van der Waals surface area contributed by atoms with Gasteiger partial charge in [0, 0.05) is 11.7 Å². The fraction of sp³-hybridized carbons (Fsp3) is 0.385. The third-order valence-corrected chi connectivity index (χ3v) is 3.63. The second-order valence-electron chi connectivity index (χ2n) is 4.89. The van der Waals surface area contributed by atoms with Crippen molar-refractivity contribution in [2.45, 2.75) is 18.9 Å². The van der Waals surface area contributed by atoms with Gasteiger partial charge in [-0.05, 0) is 36.1 Å². The molecule has 0 bridgehead atoms. The molecule has 1 atom stereocenters. The predicted molar refractivity (Wildman–Crippen MR) is 66.6 cm³/mol. The van der Waals surface area contributed by atoms with E-state index in [0.29, 0.717) is 13.1 Å². The van der Waals surface area contributed by atoms with Crippen molar-refractivity contribution in [3.63, 3.8) is 0 Å². The van der Waals surface area contributed by atoms with Gasteiger partial charge in [0.15, 0.2) is 0 Å². The van der Waals surface area contributed by atoms with Crippen LogP contribution in [0.2, 0.25) is 0 Å². The van der Waals surface area contributed by atoms with Crippen molar-refractivity contribution >= 4 is 17.5 Å². The third-order valence-electron chi connectivity index (χ3n) is 3.63. The molecule has 1 aliphatic heterocycles. The van der Waals surface area contributed by atoms with Crippen LogP contribution in [0.25, 0.3) is 0 Å². The molecule has 1 aliphatic carbocycles. The number of hydrogen-bond acceptors (Lipinski definition) is 4. The summed E-state index contributed by atoms with van der Waals surface area (Å²) in [5.41, 5.74) is 8.97. The third kappa shape index (κ3) is 1.86. The Labute approximate surface area is 105 Å². The minimum atomic E-state index is -0.213. The van der Waals surface area contributed by atoms with E-state index in [1.807, 2.05) is 23.1 Å². The molecule has 3 rings (SSSR count). The first-order valence-corrected chi connectivity index (χ1v) is 6.08. The number of nitrogens with zero attached hydrogens (tertiary/aromatic N) is 1. The largest absolute Gasteiger partial charge is 0.399 e. The van der Waals surface area contributed by atoms with Crippen molar-refractivity contribution in [1.82, 2.24) is 10.2 Å². The van der Waals surface area contributed by atoms with Gasteiger partial charge >= 0.3 is 0 Å². The summed E-state index contributed by atoms with van der Waals surface area (Å²) in [6, 6.07) is 6.04. The lowest BCUT2D eigenvalue weighted by Crippen LogP contribution is -2.52. The molecule has 2 amide bonds. The van der Waals surface area contributed by atoms with Crippen LogP contribution >= 0.6 is 0 Å². The minimum Gasteiger partial charge on any atom is -0.399 e. The summed E-state index contributed by atoms with van der Waals surface area (Å²) >= 11 is 0. The zero-order chi connectivity index (χ0) is 12.7. The lowest BCUT2D eigenvalue weighted by Gasteiger charge is -2.31. The van der Waals surface area contributed by atoms with Gasteiger partial charge < -0.3 is 5.73 Å². The van der Waals surface area contributed by atoms with Crippen LogP contribution in [0.1, 0.15) is 23.6 Å². The second kappa shape index (κ2) is 4.10. The molecule has 1 saturated heterocycles. The van der Waals surface area contributed by atoms with Gasteiger partial charge in [0.1, 0.15) is 0 Å². The van der Waals surface area contributed by atoms with E-state index >= 15 is 0 Å². The number of benzene rings is 1. The highest BCUT2D eigenvalue weighted by atomic mass is 16.2. The lowest BCUT2D eigenvalue weighted by atomic mass is 10.1. The van der Waals surface area contributed by atoms with Crippen LogP contribution in [0.5, 0.6) is 0 Å². The molecule has 5 heteroatoms. The molecule has 0 aromatic heterocycles. The Hall–Kier alpha value is -1.88. The molecule has 0 spiro atoms. The molecule has 1 fully saturated rings. The summed E-state index contributed by atoms with van der Waals surface area (Å²) in [5, 5.41) is 2.33. The van der Waals surface area contributed by atoms with Crippen LogP contribution < -0.4 is 11.1 Å². The Morgan fingerprint density at radius 2 is 1.94 bits per heavy atom. The minimum absolute atomic E-state index is 0.163. The van der Waals surface area contributed by atoms with Crippen LogP contribution in [-0.2, 0) is 16.0 Å². The van der Waals surface area contributed by atoms with Gasteiger partial charge in [0.2, 0.25) is 11.8 Å². The average molecular weight is 245 g/mol. The van der Waals surface area contributed by atoms with Crippen LogP contribution in [0.3, 0.4) is 0 Å². The van der Waals surface area contributed by atoms with Crippen molar-refractivity contribution in [3.8, 4) is 0 Å². The van der Waals surface area contributed by atoms with Gasteiger partial charge in [-0.2, -0.15) is 0 Å². The monoisotopic (exact) mass is 245 g/mol. The predicted octanol–water partition coefficient (Wildman–Crippen LogP) is 0.214. The second-order valence-corrected chi connectivity index (χ2v) is 4.89. The van der Waals surface area contributed by atoms with E-state index < -0.39 is 0 Å². The number of piperazine rings is 1. The molecule has 3 N–H and O–H groups in total. The maximum absolute atomic E-state index is 11.4. The van der Waals surface area contributed by atoms with Crippen LogP contribution in [-0.4, -0.2) is 29.8 Å². The van der Waals surface area contributed by atoms with Crippen molar-refractivity contribution in [2.75, 3.05) is 18.8 Å². The number of aryl methyl sites for hydroxylation is 1. The number of fused-ring (bicyclic) bond motifs is 1. The van der Waals surface area contributed by atoms with Gasteiger partial charge in [-0.25, -0.2) is 0 Å². The number of amides is 2. The first kappa shape index (κ1) is 11.2. The molecule has 1 unspecified atom stereocenters. The van der Waals surface area contributed by atoms with E-state index in [0.717, 1.165) is 18.5 Å². The van der Waals surface area contributed by atoms with Gasteiger partial charge in [-0.3, -0.25) is 19.8 Å². The van der Waals surface area contributed by atoms with E-state index in [1.165, 1.54) is 11.1 Å². The highest BCUT2D eigenvalue weighted by Gasteiger charge is 2.33. The zero-order valence-corrected chi connectivity index (χ0v) is 9.98. The number of carbonyl (C=O) groups excluding carboxylic acids is 2. The van der Waals surface area contributed by atoms with Crippen molar-refractivity contribution < 1.29 is 9.59 Å². The fourth-order valence-electron chi connectivity index (χ4n) is 2.87. The first-order valence-electron chi connectivity index (χ1n) is 6.08. The topological polar surface area (TPSA) is 75.4 Å². The molecular weight excluding hydrogens is 230 g/mol. The molecule has 1 aromatic carbocycles. The summed E-state index contributed by atoms with van der Waals surface area (Å²) < 4.78 is 0. The van der Waals surface area contributed by atoms with Gasteiger partial charge in [0.25, 0.3) is 0 Å². The van der Waals surface area contributed by atoms with E-state index in [4.69, 9.17) is 5.73 Å². The summed E-state index contributed by atoms with van der Waals surface area (Å²) in [4.78, 5) is 24.8. The zero-order valence-electron chi connectivity index (χ0n) is 9.98. The SMILES string of the molecule is Nc1ccc2c(c1)CCC2N1CC(=O)NC(=O)C1. The highest BCUT2D eigenvalue weighted by molar-refractivity contribution is 5.99. The lowest BCUT2D eigenvalue weighted by molar-refractivity contribution is -0.137. The molecule has 1 heterocycles. The maximum Gasteiger partial charge on any atom is 0.240 e. The molecule has 5 nitrogen and oxygen atoms in total. The van der Waals surface area contributed by atoms with Crippen LogP contribution in [0, 0.1) is 0 Å². The number of anilines is 1. The molecule has 0 saturated carbocycles. The Morgan fingerprint density at radius 3 is 2.67 bits per heavy atom. The van der Waals surface area contributed by atoms with Gasteiger partial charge in [-0.1, -0.05) is 6.07 Å². The number of carbonyl (C=O) groups is 2. The molecule has 94 valence electrons. The van der Waals surface area contributed by atoms with Gasteiger partial charge in [-0.15, -0.1) is 0 Å². The molecule has 2 aliphatic rings. The first-order chi connectivity index (χ1) is 8.63. The Kier molecular flexibility index (Phi) is 2.56. The standard InChI is InChI=1S/C13H15N3O2/c14-9-2-3-10-8(5-9)1-4-11(10)16-6-12(17)15-13(18)7-16/h2-3,5,11H,1,4,6-7,14H2,(H,15,17,18). The average Bonchev–Trinajstić information content (AvgIpc) is 2.70. The van der Waals surface area contributed by atoms with Gasteiger partial charge in [0.05, 0.1) is 13.1 Å². The van der Waals surface area contributed by atoms with Crippen molar-refractivity contribution in [2.24, 2.45) is 0 Å². The van der Waals surface area contributed by atoms with E-state index in [9.17, 15) is 9.59 Å². The number of hydrogen-bond donors (Lipinski definition) is 2. The van der Waals surface area contributed by atoms with Crippen LogP contribution in [0.15, 0.2) is 18.2 Å². The smallest absolute Gasteiger partial charge is 0.240 e. The van der Waals surface area contributed by atoms with E-state index in [1.54, 1.807) is 0 Å². The van der Waals surface area contributed by atoms with E-state index in [-0.39, 0.29) is 17.9 Å². The maximum atomic E-state index is 11.4. The summed E-state index contributed by atoms with van der Waals surface area (Å²) in [6.07, 6.45) is 1.90. The molecule has 1 aromatic rings. The number of imide groups is 1. The number of nitrogens with one attached hydrogen (secondary N) is 1. The number of nitrogen functional groups attached to an aromatic ring is 1. The molecule has 18 heavy (non-hydrogen) atoms. The Morgan fingerprint density at radius 1 is 1.22 bits per heavy atom. The summed E-state index contributed by atoms with van der Waals surface area (Å²) in [5.74, 6) is -0.426.